The van der Waals surface area contributed by atoms with E-state index >= 15 is 0 Å². The number of methoxy groups -OCH3 is 1. The van der Waals surface area contributed by atoms with E-state index in [2.05, 4.69) is 4.74 Å². The van der Waals surface area contributed by atoms with Crippen molar-refractivity contribution in [3.8, 4) is 0 Å². The number of hydrogen-bond donors (Lipinski definition) is 1. The molecule has 4 heteroatoms. The van der Waals surface area contributed by atoms with E-state index in [0.29, 0.717) is 5.56 Å². The standard InChI is InChI=1S/C10H10NO3/c1-14-9(13)10(11,7-12)8-5-3-2-4-6-8/h2-6H,11H2,1H3. The summed E-state index contributed by atoms with van der Waals surface area (Å²) in [5, 5.41) is 0. The predicted molar refractivity (Wildman–Crippen MR) is 50.0 cm³/mol. The maximum atomic E-state index is 11.3. The third-order valence-electron chi connectivity index (χ3n) is 1.90. The summed E-state index contributed by atoms with van der Waals surface area (Å²) in [7, 11) is 1.17. The van der Waals surface area contributed by atoms with Crippen molar-refractivity contribution in [1.82, 2.24) is 0 Å². The smallest absolute Gasteiger partial charge is 0.338 e. The Morgan fingerprint density at radius 1 is 1.43 bits per heavy atom. The zero-order valence-electron chi connectivity index (χ0n) is 7.69. The van der Waals surface area contributed by atoms with Gasteiger partial charge in [0, 0.05) is 0 Å². The molecule has 4 nitrogen and oxygen atoms in total. The van der Waals surface area contributed by atoms with Crippen LogP contribution in [0.5, 0.6) is 0 Å². The van der Waals surface area contributed by atoms with Crippen molar-refractivity contribution in [1.29, 1.82) is 0 Å². The molecule has 73 valence electrons. The molecular weight excluding hydrogens is 182 g/mol. The molecule has 1 aromatic carbocycles. The topological polar surface area (TPSA) is 69.4 Å². The SMILES string of the molecule is COC(=O)C(N)([C]=O)c1ccccc1. The van der Waals surface area contributed by atoms with Crippen molar-refractivity contribution in [3.63, 3.8) is 0 Å². The second-order valence-corrected chi connectivity index (χ2v) is 2.77. The largest absolute Gasteiger partial charge is 0.467 e. The number of rotatable bonds is 3. The Morgan fingerprint density at radius 2 is 2.00 bits per heavy atom. The van der Waals surface area contributed by atoms with E-state index in [-0.39, 0.29) is 0 Å². The van der Waals surface area contributed by atoms with Crippen molar-refractivity contribution in [2.45, 2.75) is 5.54 Å². The van der Waals surface area contributed by atoms with Gasteiger partial charge in [-0.05, 0) is 5.56 Å². The van der Waals surface area contributed by atoms with Gasteiger partial charge in [0.05, 0.1) is 7.11 Å². The predicted octanol–water partition coefficient (Wildman–Crippen LogP) is 0.123. The van der Waals surface area contributed by atoms with Crippen LogP contribution in [0.25, 0.3) is 0 Å². The highest BCUT2D eigenvalue weighted by molar-refractivity contribution is 5.99. The summed E-state index contributed by atoms with van der Waals surface area (Å²) in [6.07, 6.45) is 1.50. The van der Waals surface area contributed by atoms with Crippen LogP contribution in [0.3, 0.4) is 0 Å². The van der Waals surface area contributed by atoms with Gasteiger partial charge in [-0.25, -0.2) is 4.79 Å². The first kappa shape index (κ1) is 10.4. The molecule has 1 rings (SSSR count). The lowest BCUT2D eigenvalue weighted by Gasteiger charge is -2.18. The van der Waals surface area contributed by atoms with Crippen LogP contribution in [-0.2, 0) is 19.9 Å². The molecule has 0 spiro atoms. The molecule has 1 atom stereocenters. The number of ether oxygens (including phenoxy) is 1. The highest BCUT2D eigenvalue weighted by atomic mass is 16.5. The minimum Gasteiger partial charge on any atom is -0.467 e. The van der Waals surface area contributed by atoms with Crippen molar-refractivity contribution >= 4 is 12.3 Å². The van der Waals surface area contributed by atoms with Crippen molar-refractivity contribution in [2.24, 2.45) is 5.73 Å². The molecule has 0 saturated heterocycles. The quantitative estimate of drug-likeness (QED) is 0.545. The van der Waals surface area contributed by atoms with Crippen LogP contribution < -0.4 is 5.73 Å². The summed E-state index contributed by atoms with van der Waals surface area (Å²) in [4.78, 5) is 21.9. The number of carbonyl (C=O) groups is 1. The highest BCUT2D eigenvalue weighted by Crippen LogP contribution is 2.16. The van der Waals surface area contributed by atoms with E-state index in [1.54, 1.807) is 30.3 Å². The van der Waals surface area contributed by atoms with E-state index in [4.69, 9.17) is 5.73 Å². The molecule has 0 aliphatic rings. The van der Waals surface area contributed by atoms with Crippen LogP contribution in [0.15, 0.2) is 30.3 Å². The average molecular weight is 192 g/mol. The minimum absolute atomic E-state index is 0.363. The molecule has 0 fully saturated rings. The van der Waals surface area contributed by atoms with Crippen LogP contribution in [0.1, 0.15) is 5.56 Å². The number of esters is 1. The fourth-order valence-electron chi connectivity index (χ4n) is 1.08. The number of benzene rings is 1. The Kier molecular flexibility index (Phi) is 2.99. The molecule has 0 bridgehead atoms. The molecule has 0 amide bonds. The number of carbonyl (C=O) groups excluding carboxylic acids is 2. The van der Waals surface area contributed by atoms with Gasteiger partial charge in [0.2, 0.25) is 11.8 Å². The first-order valence-electron chi connectivity index (χ1n) is 3.97. The van der Waals surface area contributed by atoms with Gasteiger partial charge < -0.3 is 10.5 Å². The summed E-state index contributed by atoms with van der Waals surface area (Å²) in [5.74, 6) is -0.821. The third-order valence-corrected chi connectivity index (χ3v) is 1.90. The molecule has 0 aromatic heterocycles. The summed E-state index contributed by atoms with van der Waals surface area (Å²) in [5.41, 5.74) is 4.11. The second kappa shape index (κ2) is 4.02. The molecule has 0 aliphatic carbocycles. The van der Waals surface area contributed by atoms with E-state index in [9.17, 15) is 9.59 Å². The molecule has 0 saturated carbocycles. The molecule has 14 heavy (non-hydrogen) atoms. The Balaban J connectivity index is 3.14. The first-order valence-corrected chi connectivity index (χ1v) is 3.97. The van der Waals surface area contributed by atoms with Gasteiger partial charge in [-0.1, -0.05) is 30.3 Å². The summed E-state index contributed by atoms with van der Waals surface area (Å²) in [6.45, 7) is 0. The van der Waals surface area contributed by atoms with Crippen LogP contribution in [0, 0.1) is 0 Å². The van der Waals surface area contributed by atoms with Crippen LogP contribution in [0.4, 0.5) is 0 Å². The van der Waals surface area contributed by atoms with Gasteiger partial charge in [0.15, 0.2) is 0 Å². The molecule has 1 unspecified atom stereocenters. The summed E-state index contributed by atoms with van der Waals surface area (Å²) < 4.78 is 4.43. The molecule has 1 aromatic rings. The summed E-state index contributed by atoms with van der Waals surface area (Å²) in [6, 6.07) is 8.25. The van der Waals surface area contributed by atoms with Gasteiger partial charge >= 0.3 is 5.97 Å². The van der Waals surface area contributed by atoms with Gasteiger partial charge in [0.25, 0.3) is 0 Å². The lowest BCUT2D eigenvalue weighted by molar-refractivity contribution is -0.144. The lowest BCUT2D eigenvalue weighted by Crippen LogP contribution is -2.47. The zero-order valence-corrected chi connectivity index (χ0v) is 7.69. The van der Waals surface area contributed by atoms with E-state index in [0.717, 1.165) is 0 Å². The number of nitrogens with two attached hydrogens (primary N) is 1. The van der Waals surface area contributed by atoms with E-state index in [1.807, 2.05) is 0 Å². The lowest BCUT2D eigenvalue weighted by atomic mass is 9.93. The Hall–Kier alpha value is -1.68. The highest BCUT2D eigenvalue weighted by Gasteiger charge is 2.38. The van der Waals surface area contributed by atoms with Gasteiger partial charge in [-0.2, -0.15) is 0 Å². The molecular formula is C10H10NO3. The van der Waals surface area contributed by atoms with Gasteiger partial charge in [0.1, 0.15) is 0 Å². The fourth-order valence-corrected chi connectivity index (χ4v) is 1.08. The molecule has 0 heterocycles. The third kappa shape index (κ3) is 1.65. The van der Waals surface area contributed by atoms with E-state index < -0.39 is 11.5 Å². The fraction of sp³-hybridized carbons (Fsp3) is 0.200. The molecule has 2 N–H and O–H groups in total. The normalized spacial score (nSPS) is 14.1. The van der Waals surface area contributed by atoms with Crippen molar-refractivity contribution in [2.75, 3.05) is 7.11 Å². The van der Waals surface area contributed by atoms with Crippen LogP contribution >= 0.6 is 0 Å². The van der Waals surface area contributed by atoms with Crippen LogP contribution in [0.2, 0.25) is 0 Å². The number of hydrogen-bond acceptors (Lipinski definition) is 4. The second-order valence-electron chi connectivity index (χ2n) is 2.77. The maximum Gasteiger partial charge on any atom is 0.338 e. The Bertz CT molecular complexity index is 336. The zero-order chi connectivity index (χ0) is 10.6. The monoisotopic (exact) mass is 192 g/mol. The summed E-state index contributed by atoms with van der Waals surface area (Å²) >= 11 is 0. The van der Waals surface area contributed by atoms with E-state index in [1.165, 1.54) is 13.4 Å². The Morgan fingerprint density at radius 3 is 2.43 bits per heavy atom. The van der Waals surface area contributed by atoms with Gasteiger partial charge in [-0.15, -0.1) is 0 Å². The molecule has 0 aliphatic heterocycles. The molecule has 1 radical (unpaired) electrons. The van der Waals surface area contributed by atoms with Crippen molar-refractivity contribution in [3.05, 3.63) is 35.9 Å². The van der Waals surface area contributed by atoms with Gasteiger partial charge in [-0.3, -0.25) is 4.79 Å². The first-order chi connectivity index (χ1) is 6.65. The Labute approximate surface area is 81.7 Å². The van der Waals surface area contributed by atoms with Crippen LogP contribution in [-0.4, -0.2) is 19.4 Å². The maximum absolute atomic E-state index is 11.3. The van der Waals surface area contributed by atoms with Crippen molar-refractivity contribution < 1.29 is 14.3 Å². The average Bonchev–Trinajstić information content (AvgIpc) is 2.28. The minimum atomic E-state index is -1.82.